The number of hydrogen-bond acceptors (Lipinski definition) is 4. The van der Waals surface area contributed by atoms with E-state index in [-0.39, 0.29) is 30.9 Å². The van der Waals surface area contributed by atoms with Gasteiger partial charge in [0.2, 0.25) is 5.91 Å². The van der Waals surface area contributed by atoms with E-state index < -0.39 is 6.61 Å². The number of benzene rings is 2. The number of fused-ring (bicyclic) bond motifs is 1. The lowest BCUT2D eigenvalue weighted by Gasteiger charge is -2.35. The Kier molecular flexibility index (Phi) is 5.80. The Labute approximate surface area is 150 Å². The molecule has 2 N–H and O–H groups in total. The summed E-state index contributed by atoms with van der Waals surface area (Å²) in [6, 6.07) is 13.4. The zero-order valence-corrected chi connectivity index (χ0v) is 14.1. The fraction of sp³-hybridized carbons (Fsp3) is 0.316. The van der Waals surface area contributed by atoms with Gasteiger partial charge in [0.05, 0.1) is 19.2 Å². The molecule has 7 heteroatoms. The van der Waals surface area contributed by atoms with Gasteiger partial charge in [0.25, 0.3) is 0 Å². The molecule has 1 aliphatic rings. The molecule has 0 radical (unpaired) electrons. The highest BCUT2D eigenvalue weighted by atomic mass is 19.3. The van der Waals surface area contributed by atoms with Crippen molar-refractivity contribution in [1.29, 1.82) is 0 Å². The number of aliphatic hydroxyl groups excluding tert-OH is 1. The van der Waals surface area contributed by atoms with Crippen molar-refractivity contribution in [3.63, 3.8) is 0 Å². The number of anilines is 1. The van der Waals surface area contributed by atoms with Crippen molar-refractivity contribution in [3.05, 3.63) is 59.7 Å². The Hall–Kier alpha value is -2.51. The lowest BCUT2D eigenvalue weighted by molar-refractivity contribution is -0.118. The highest BCUT2D eigenvalue weighted by Crippen LogP contribution is 2.29. The second-order valence-electron chi connectivity index (χ2n) is 6.07. The zero-order valence-electron chi connectivity index (χ0n) is 14.1. The topological polar surface area (TPSA) is 61.8 Å². The third kappa shape index (κ3) is 4.36. The number of nitrogens with one attached hydrogen (secondary N) is 1. The number of ether oxygens (including phenoxy) is 1. The molecule has 2 aromatic rings. The molecule has 0 aromatic heterocycles. The van der Waals surface area contributed by atoms with Crippen molar-refractivity contribution < 1.29 is 23.4 Å². The molecule has 5 nitrogen and oxygen atoms in total. The summed E-state index contributed by atoms with van der Waals surface area (Å²) in [6.45, 7) is -2.14. The second-order valence-corrected chi connectivity index (χ2v) is 6.07. The fourth-order valence-electron chi connectivity index (χ4n) is 3.21. The molecule has 1 atom stereocenters. The van der Waals surface area contributed by atoms with E-state index in [2.05, 4.69) is 10.1 Å². The van der Waals surface area contributed by atoms with Gasteiger partial charge in [-0.25, -0.2) is 0 Å². The summed E-state index contributed by atoms with van der Waals surface area (Å²) in [5, 5.41) is 12.5. The highest BCUT2D eigenvalue weighted by Gasteiger charge is 2.27. The van der Waals surface area contributed by atoms with Crippen LogP contribution in [0, 0.1) is 0 Å². The Bertz CT molecular complexity index is 753. The molecule has 2 aromatic carbocycles. The summed E-state index contributed by atoms with van der Waals surface area (Å²) in [7, 11) is 0. The van der Waals surface area contributed by atoms with E-state index in [0.29, 0.717) is 12.2 Å². The largest absolute Gasteiger partial charge is 0.435 e. The van der Waals surface area contributed by atoms with Gasteiger partial charge >= 0.3 is 6.61 Å². The summed E-state index contributed by atoms with van der Waals surface area (Å²) in [6.07, 6.45) is 0.819. The first kappa shape index (κ1) is 18.3. The van der Waals surface area contributed by atoms with Crippen molar-refractivity contribution in [2.24, 2.45) is 0 Å². The van der Waals surface area contributed by atoms with Crippen molar-refractivity contribution in [2.45, 2.75) is 19.1 Å². The summed E-state index contributed by atoms with van der Waals surface area (Å²) in [5.41, 5.74) is 2.73. The zero-order chi connectivity index (χ0) is 18.5. The Morgan fingerprint density at radius 3 is 2.65 bits per heavy atom. The maximum Gasteiger partial charge on any atom is 0.387 e. The predicted octanol–water partition coefficient (Wildman–Crippen LogP) is 2.82. The van der Waals surface area contributed by atoms with E-state index >= 15 is 0 Å². The SMILES string of the molecule is O=C(CN1CCc2ccccc2[C@@H]1CO)Nc1ccc(OC(F)F)cc1. The van der Waals surface area contributed by atoms with Crippen LogP contribution in [0.4, 0.5) is 14.5 Å². The van der Waals surface area contributed by atoms with Crippen LogP contribution in [0.2, 0.25) is 0 Å². The normalized spacial score (nSPS) is 17.0. The van der Waals surface area contributed by atoms with Gasteiger partial charge in [0.15, 0.2) is 0 Å². The molecule has 1 heterocycles. The number of amides is 1. The smallest absolute Gasteiger partial charge is 0.387 e. The first-order valence-corrected chi connectivity index (χ1v) is 8.34. The average molecular weight is 362 g/mol. The van der Waals surface area contributed by atoms with Crippen LogP contribution in [0.3, 0.4) is 0 Å². The van der Waals surface area contributed by atoms with Crippen LogP contribution in [0.25, 0.3) is 0 Å². The number of carbonyl (C=O) groups is 1. The molecule has 3 rings (SSSR count). The van der Waals surface area contributed by atoms with Gasteiger partial charge in [0.1, 0.15) is 5.75 Å². The molecule has 0 fully saturated rings. The minimum atomic E-state index is -2.88. The van der Waals surface area contributed by atoms with Gasteiger partial charge < -0.3 is 15.2 Å². The molecular formula is C19H20F2N2O3. The van der Waals surface area contributed by atoms with Crippen molar-refractivity contribution in [3.8, 4) is 5.75 Å². The quantitative estimate of drug-likeness (QED) is 0.830. The monoisotopic (exact) mass is 362 g/mol. The first-order chi connectivity index (χ1) is 12.6. The van der Waals surface area contributed by atoms with Crippen molar-refractivity contribution in [1.82, 2.24) is 4.90 Å². The molecular weight excluding hydrogens is 342 g/mol. The third-order valence-corrected chi connectivity index (χ3v) is 4.41. The van der Waals surface area contributed by atoms with Crippen LogP contribution in [-0.4, -0.2) is 42.2 Å². The minimum absolute atomic E-state index is 0.0333. The van der Waals surface area contributed by atoms with E-state index in [9.17, 15) is 18.7 Å². The lowest BCUT2D eigenvalue weighted by atomic mass is 9.93. The summed E-state index contributed by atoms with van der Waals surface area (Å²) in [4.78, 5) is 14.3. The van der Waals surface area contributed by atoms with Crippen LogP contribution < -0.4 is 10.1 Å². The van der Waals surface area contributed by atoms with E-state index in [1.165, 1.54) is 29.8 Å². The third-order valence-electron chi connectivity index (χ3n) is 4.41. The Balaban J connectivity index is 1.61. The number of carbonyl (C=O) groups excluding carboxylic acids is 1. The fourth-order valence-corrected chi connectivity index (χ4v) is 3.21. The van der Waals surface area contributed by atoms with E-state index in [0.717, 1.165) is 12.0 Å². The summed E-state index contributed by atoms with van der Waals surface area (Å²) < 4.78 is 28.6. The maximum absolute atomic E-state index is 12.3. The van der Waals surface area contributed by atoms with Crippen LogP contribution in [0.15, 0.2) is 48.5 Å². The maximum atomic E-state index is 12.3. The molecule has 0 bridgehead atoms. The minimum Gasteiger partial charge on any atom is -0.435 e. The molecule has 0 saturated carbocycles. The molecule has 1 amide bonds. The average Bonchev–Trinajstić information content (AvgIpc) is 2.62. The van der Waals surface area contributed by atoms with Gasteiger partial charge in [-0.2, -0.15) is 8.78 Å². The number of rotatable bonds is 6. The highest BCUT2D eigenvalue weighted by molar-refractivity contribution is 5.92. The summed E-state index contributed by atoms with van der Waals surface area (Å²) in [5.74, 6) is -0.198. The molecule has 0 saturated heterocycles. The first-order valence-electron chi connectivity index (χ1n) is 8.34. The van der Waals surface area contributed by atoms with Crippen LogP contribution in [-0.2, 0) is 11.2 Å². The van der Waals surface area contributed by atoms with E-state index in [4.69, 9.17) is 0 Å². The molecule has 0 aliphatic carbocycles. The van der Waals surface area contributed by atoms with Gasteiger partial charge in [0, 0.05) is 12.2 Å². The lowest BCUT2D eigenvalue weighted by Crippen LogP contribution is -2.42. The van der Waals surface area contributed by atoms with Crippen molar-refractivity contribution >= 4 is 11.6 Å². The Morgan fingerprint density at radius 2 is 1.96 bits per heavy atom. The molecule has 0 spiro atoms. The predicted molar refractivity (Wildman–Crippen MR) is 93.2 cm³/mol. The number of halogens is 2. The van der Waals surface area contributed by atoms with E-state index in [1.807, 2.05) is 29.2 Å². The number of hydrogen-bond donors (Lipinski definition) is 2. The standard InChI is InChI=1S/C19H20F2N2O3/c20-19(21)26-15-7-5-14(6-8-15)22-18(25)11-23-10-9-13-3-1-2-4-16(13)17(23)12-24/h1-8,17,19,24H,9-12H2,(H,22,25)/t17-/m0/s1. The summed E-state index contributed by atoms with van der Waals surface area (Å²) >= 11 is 0. The molecule has 26 heavy (non-hydrogen) atoms. The van der Waals surface area contributed by atoms with E-state index in [1.54, 1.807) is 0 Å². The number of alkyl halides is 2. The molecule has 138 valence electrons. The van der Waals surface area contributed by atoms with Crippen molar-refractivity contribution in [2.75, 3.05) is 25.0 Å². The van der Waals surface area contributed by atoms with Crippen LogP contribution >= 0.6 is 0 Å². The Morgan fingerprint density at radius 1 is 1.23 bits per heavy atom. The number of aliphatic hydroxyl groups is 1. The van der Waals surface area contributed by atoms with Crippen LogP contribution in [0.5, 0.6) is 5.75 Å². The van der Waals surface area contributed by atoms with Gasteiger partial charge in [-0.05, 0) is 41.8 Å². The molecule has 0 unspecified atom stereocenters. The number of nitrogens with zero attached hydrogens (tertiary/aromatic N) is 1. The molecule has 1 aliphatic heterocycles. The van der Waals surface area contributed by atoms with Gasteiger partial charge in [-0.1, -0.05) is 24.3 Å². The van der Waals surface area contributed by atoms with Gasteiger partial charge in [-0.3, -0.25) is 9.69 Å². The van der Waals surface area contributed by atoms with Gasteiger partial charge in [-0.15, -0.1) is 0 Å². The van der Waals surface area contributed by atoms with Crippen LogP contribution in [0.1, 0.15) is 17.2 Å². The second kappa shape index (κ2) is 8.25.